The number of nitrogens with one attached hydrogen (secondary N) is 1. The number of rotatable bonds is 9. The van der Waals surface area contributed by atoms with E-state index in [0.717, 1.165) is 44.4 Å². The number of benzene rings is 4. The van der Waals surface area contributed by atoms with Crippen LogP contribution >= 0.6 is 0 Å². The molecule has 2 saturated heterocycles. The number of imidazole rings is 1. The molecular weight excluding hydrogens is 661 g/mol. The highest BCUT2D eigenvalue weighted by Gasteiger charge is 2.47. The first-order valence-electron chi connectivity index (χ1n) is 16.9. The Morgan fingerprint density at radius 3 is 2.39 bits per heavy atom. The third kappa shape index (κ3) is 7.53. The average Bonchev–Trinajstić information content (AvgIpc) is 3.81. The van der Waals surface area contributed by atoms with Crippen molar-refractivity contribution in [3.8, 4) is 11.1 Å². The second-order valence-electron chi connectivity index (χ2n) is 12.9. The lowest BCUT2D eigenvalue weighted by Gasteiger charge is -2.36. The number of para-hydroxylation sites is 2. The molecule has 0 radical (unpaired) electrons. The van der Waals surface area contributed by atoms with Gasteiger partial charge in [0.2, 0.25) is 5.91 Å². The zero-order valence-electron chi connectivity index (χ0n) is 27.6. The number of carbonyl (C=O) groups excluding carboxylic acids is 2. The van der Waals surface area contributed by atoms with Crippen LogP contribution in [-0.4, -0.2) is 56.2 Å². The molecule has 0 aliphatic carbocycles. The Kier molecular flexibility index (Phi) is 9.90. The summed E-state index contributed by atoms with van der Waals surface area (Å²) in [4.78, 5) is 30.0. The van der Waals surface area contributed by atoms with Gasteiger partial charge in [-0.15, -0.1) is 0 Å². The number of amides is 2. The number of halogens is 3. The molecule has 1 aromatic heterocycles. The Balaban J connectivity index is 1.08. The second-order valence-corrected chi connectivity index (χ2v) is 12.9. The molecular formula is C39H37F3N4O5. The summed E-state index contributed by atoms with van der Waals surface area (Å²) >= 11 is 0. The summed E-state index contributed by atoms with van der Waals surface area (Å²) in [6.07, 6.45) is -3.22. The standard InChI is InChI=1S/C39H37F3N4O5/c40-39(41,42)38(49)46-19-5-10-34(46)36(48)43-21-29-6-1-2-7-31(29)26-15-17-28(18-16-26)37-50-30(22-45-24-44-32-8-3-4-9-33(32)45)20-35(51-37)27-13-11-25(23-47)12-14-27/h1-4,6-9,11-18,24,30,34-35,37,47H,5,10,19-23H2,(H,43,48)/t30-,34+,35+,37+/m1/s1. The van der Waals surface area contributed by atoms with Gasteiger partial charge in [0.1, 0.15) is 6.04 Å². The number of aliphatic hydroxyl groups excluding tert-OH is 1. The predicted octanol–water partition coefficient (Wildman–Crippen LogP) is 6.61. The number of nitrogens with zero attached hydrogens (tertiary/aromatic N) is 3. The lowest BCUT2D eigenvalue weighted by molar-refractivity contribution is -0.252. The first-order chi connectivity index (χ1) is 24.7. The van der Waals surface area contributed by atoms with Crippen LogP contribution in [0.15, 0.2) is 103 Å². The summed E-state index contributed by atoms with van der Waals surface area (Å²) in [5.41, 5.74) is 7.02. The minimum absolute atomic E-state index is 0.0438. The van der Waals surface area contributed by atoms with Crippen molar-refractivity contribution >= 4 is 22.8 Å². The van der Waals surface area contributed by atoms with Crippen LogP contribution in [0, 0.1) is 0 Å². The van der Waals surface area contributed by atoms with Crippen LogP contribution in [0.4, 0.5) is 13.2 Å². The number of likely N-dealkylation sites (tertiary alicyclic amines) is 1. The molecule has 51 heavy (non-hydrogen) atoms. The molecule has 4 aromatic carbocycles. The Bertz CT molecular complexity index is 2000. The Morgan fingerprint density at radius 2 is 1.63 bits per heavy atom. The summed E-state index contributed by atoms with van der Waals surface area (Å²) in [7, 11) is 0. The van der Waals surface area contributed by atoms with Gasteiger partial charge in [0.25, 0.3) is 0 Å². The lowest BCUT2D eigenvalue weighted by atomic mass is 9.97. The molecule has 0 unspecified atom stereocenters. The van der Waals surface area contributed by atoms with Crippen LogP contribution in [0.2, 0.25) is 0 Å². The monoisotopic (exact) mass is 698 g/mol. The normalized spacial score (nSPS) is 20.8. The summed E-state index contributed by atoms with van der Waals surface area (Å²) in [5.74, 6) is -2.60. The Hall–Kier alpha value is -5.04. The molecule has 2 N–H and O–H groups in total. The molecule has 3 heterocycles. The van der Waals surface area contributed by atoms with E-state index in [4.69, 9.17) is 9.47 Å². The summed E-state index contributed by atoms with van der Waals surface area (Å²) in [6.45, 7) is 0.507. The minimum Gasteiger partial charge on any atom is -0.392 e. The number of aliphatic hydroxyl groups is 1. The molecule has 264 valence electrons. The van der Waals surface area contributed by atoms with Gasteiger partial charge in [-0.1, -0.05) is 84.9 Å². The first-order valence-corrected chi connectivity index (χ1v) is 16.9. The lowest BCUT2D eigenvalue weighted by Crippen LogP contribution is -2.50. The van der Waals surface area contributed by atoms with E-state index in [9.17, 15) is 27.9 Å². The van der Waals surface area contributed by atoms with Crippen molar-refractivity contribution in [3.05, 3.63) is 126 Å². The van der Waals surface area contributed by atoms with Crippen molar-refractivity contribution in [1.82, 2.24) is 19.8 Å². The maximum atomic E-state index is 13.1. The van der Waals surface area contributed by atoms with E-state index < -0.39 is 30.3 Å². The van der Waals surface area contributed by atoms with E-state index in [-0.39, 0.29) is 38.3 Å². The molecule has 0 spiro atoms. The zero-order chi connectivity index (χ0) is 35.5. The van der Waals surface area contributed by atoms with E-state index in [1.165, 1.54) is 0 Å². The van der Waals surface area contributed by atoms with Crippen molar-refractivity contribution in [2.75, 3.05) is 6.54 Å². The van der Waals surface area contributed by atoms with Crippen molar-refractivity contribution in [2.24, 2.45) is 0 Å². The summed E-state index contributed by atoms with van der Waals surface area (Å²) < 4.78 is 54.5. The third-order valence-electron chi connectivity index (χ3n) is 9.57. The van der Waals surface area contributed by atoms with Crippen LogP contribution in [0.5, 0.6) is 0 Å². The molecule has 0 saturated carbocycles. The molecule has 2 amide bonds. The number of ether oxygens (including phenoxy) is 2. The van der Waals surface area contributed by atoms with E-state index in [1.54, 1.807) is 0 Å². The van der Waals surface area contributed by atoms with Crippen LogP contribution < -0.4 is 5.32 Å². The highest BCUT2D eigenvalue weighted by atomic mass is 19.4. The minimum atomic E-state index is -5.03. The number of hydrogen-bond acceptors (Lipinski definition) is 6. The van der Waals surface area contributed by atoms with Gasteiger partial charge in [0, 0.05) is 25.1 Å². The van der Waals surface area contributed by atoms with Gasteiger partial charge in [-0.3, -0.25) is 9.59 Å². The predicted molar refractivity (Wildman–Crippen MR) is 183 cm³/mol. The van der Waals surface area contributed by atoms with Gasteiger partial charge >= 0.3 is 12.1 Å². The molecule has 2 fully saturated rings. The van der Waals surface area contributed by atoms with E-state index >= 15 is 0 Å². The van der Waals surface area contributed by atoms with Gasteiger partial charge < -0.3 is 29.4 Å². The highest BCUT2D eigenvalue weighted by molar-refractivity contribution is 5.90. The maximum Gasteiger partial charge on any atom is 0.471 e. The number of hydrogen-bond donors (Lipinski definition) is 2. The van der Waals surface area contributed by atoms with Crippen molar-refractivity contribution in [1.29, 1.82) is 0 Å². The number of aromatic nitrogens is 2. The van der Waals surface area contributed by atoms with Crippen LogP contribution in [0.1, 0.15) is 53.9 Å². The summed E-state index contributed by atoms with van der Waals surface area (Å²) in [6, 6.07) is 29.8. The van der Waals surface area contributed by atoms with E-state index in [2.05, 4.69) is 14.9 Å². The molecule has 2 aliphatic heterocycles. The quantitative estimate of drug-likeness (QED) is 0.180. The van der Waals surface area contributed by atoms with E-state index in [0.29, 0.717) is 24.3 Å². The SMILES string of the molecule is O=C(NCc1ccccc1-c1ccc([C@H]2O[C@@H](Cn3cnc4ccccc43)C[C@@H](c3ccc(CO)cc3)O2)cc1)[C@@H]1CCCN1C(=O)C(F)(F)F. The molecule has 12 heteroatoms. The molecule has 5 aromatic rings. The van der Waals surface area contributed by atoms with Crippen LogP contribution in [0.3, 0.4) is 0 Å². The topological polar surface area (TPSA) is 106 Å². The Labute approximate surface area is 292 Å². The zero-order valence-corrected chi connectivity index (χ0v) is 27.6. The third-order valence-corrected chi connectivity index (χ3v) is 9.57. The van der Waals surface area contributed by atoms with Crippen molar-refractivity contribution < 1.29 is 37.3 Å². The molecule has 7 rings (SSSR count). The second kappa shape index (κ2) is 14.7. The average molecular weight is 699 g/mol. The largest absolute Gasteiger partial charge is 0.471 e. The van der Waals surface area contributed by atoms with Crippen LogP contribution in [-0.2, 0) is 38.8 Å². The molecule has 9 nitrogen and oxygen atoms in total. The molecule has 2 aliphatic rings. The van der Waals surface area contributed by atoms with Gasteiger partial charge in [-0.2, -0.15) is 13.2 Å². The first kappa shape index (κ1) is 34.4. The number of fused-ring (bicyclic) bond motifs is 1. The van der Waals surface area contributed by atoms with Crippen molar-refractivity contribution in [2.45, 2.75) is 69.7 Å². The summed E-state index contributed by atoms with van der Waals surface area (Å²) in [5, 5.41) is 12.3. The smallest absolute Gasteiger partial charge is 0.392 e. The Morgan fingerprint density at radius 1 is 0.902 bits per heavy atom. The van der Waals surface area contributed by atoms with E-state index in [1.807, 2.05) is 103 Å². The maximum absolute atomic E-state index is 13.1. The van der Waals surface area contributed by atoms with Gasteiger partial charge in [0.05, 0.1) is 42.7 Å². The number of alkyl halides is 3. The van der Waals surface area contributed by atoms with Gasteiger partial charge in [0.15, 0.2) is 6.29 Å². The van der Waals surface area contributed by atoms with Gasteiger partial charge in [-0.25, -0.2) is 4.98 Å². The molecule has 0 bridgehead atoms. The fourth-order valence-electron chi connectivity index (χ4n) is 6.93. The number of carbonyl (C=O) groups is 2. The van der Waals surface area contributed by atoms with Crippen LogP contribution in [0.25, 0.3) is 22.2 Å². The van der Waals surface area contributed by atoms with Crippen molar-refractivity contribution in [3.63, 3.8) is 0 Å². The fourth-order valence-corrected chi connectivity index (χ4v) is 6.93. The highest BCUT2D eigenvalue weighted by Crippen LogP contribution is 2.39. The van der Waals surface area contributed by atoms with Gasteiger partial charge in [-0.05, 0) is 52.8 Å². The molecule has 4 atom stereocenters. The fraction of sp³-hybridized carbons (Fsp3) is 0.308.